The van der Waals surface area contributed by atoms with E-state index in [1.165, 1.54) is 0 Å². The van der Waals surface area contributed by atoms with Gasteiger partial charge >= 0.3 is 0 Å². The molecule has 0 bridgehead atoms. The predicted octanol–water partition coefficient (Wildman–Crippen LogP) is 2.16. The molecule has 2 N–H and O–H groups in total. The van der Waals surface area contributed by atoms with Crippen molar-refractivity contribution in [3.63, 3.8) is 0 Å². The van der Waals surface area contributed by atoms with Gasteiger partial charge in [0.05, 0.1) is 6.20 Å². The van der Waals surface area contributed by atoms with E-state index < -0.39 is 5.91 Å². The van der Waals surface area contributed by atoms with Gasteiger partial charge in [-0.05, 0) is 24.5 Å². The average Bonchev–Trinajstić information content (AvgIpc) is 2.81. The Labute approximate surface area is 96.8 Å². The first-order valence-corrected chi connectivity index (χ1v) is 5.83. The van der Waals surface area contributed by atoms with Crippen LogP contribution < -0.4 is 5.73 Å². The Morgan fingerprint density at radius 1 is 1.44 bits per heavy atom. The van der Waals surface area contributed by atoms with Gasteiger partial charge in [-0.1, -0.05) is 5.16 Å². The third-order valence-electron chi connectivity index (χ3n) is 2.19. The minimum Gasteiger partial charge on any atom is -0.366 e. The van der Waals surface area contributed by atoms with Crippen LogP contribution in [0.5, 0.6) is 0 Å². The monoisotopic (exact) mass is 234 g/mol. The van der Waals surface area contributed by atoms with Gasteiger partial charge < -0.3 is 10.3 Å². The van der Waals surface area contributed by atoms with Gasteiger partial charge in [0, 0.05) is 22.1 Å². The van der Waals surface area contributed by atoms with Crippen molar-refractivity contribution in [1.82, 2.24) is 5.16 Å². The number of hydrogen-bond donors (Lipinski definition) is 1. The summed E-state index contributed by atoms with van der Waals surface area (Å²) in [6.07, 6.45) is 3.52. The van der Waals surface area contributed by atoms with Crippen molar-refractivity contribution in [2.75, 3.05) is 6.26 Å². The normalized spacial score (nSPS) is 10.3. The van der Waals surface area contributed by atoms with E-state index in [1.54, 1.807) is 36.2 Å². The van der Waals surface area contributed by atoms with E-state index in [9.17, 15) is 4.79 Å². The summed E-state index contributed by atoms with van der Waals surface area (Å²) in [5, 5.41) is 3.65. The number of aromatic nitrogens is 1. The zero-order chi connectivity index (χ0) is 11.5. The summed E-state index contributed by atoms with van der Waals surface area (Å²) >= 11 is 1.57. The second kappa shape index (κ2) is 4.40. The van der Waals surface area contributed by atoms with Gasteiger partial charge in [0.25, 0.3) is 0 Å². The number of nitrogens with two attached hydrogens (primary N) is 1. The standard InChI is InChI=1S/C11H10N2O2S/c1-16-10-3-2-7(11(12)14)6-8(10)9-4-5-13-15-9/h2-6H,1H3,(H2,12,14). The Hall–Kier alpha value is -1.75. The molecule has 4 nitrogen and oxygen atoms in total. The maximum absolute atomic E-state index is 11.1. The van der Waals surface area contributed by atoms with Gasteiger partial charge in [0.2, 0.25) is 5.91 Å². The summed E-state index contributed by atoms with van der Waals surface area (Å²) in [4.78, 5) is 12.1. The van der Waals surface area contributed by atoms with Crippen molar-refractivity contribution in [3.05, 3.63) is 36.0 Å². The molecule has 82 valence electrons. The molecule has 0 fully saturated rings. The first-order valence-electron chi connectivity index (χ1n) is 4.61. The zero-order valence-electron chi connectivity index (χ0n) is 8.64. The van der Waals surface area contributed by atoms with Crippen molar-refractivity contribution < 1.29 is 9.32 Å². The van der Waals surface area contributed by atoms with Crippen molar-refractivity contribution in [2.24, 2.45) is 5.73 Å². The van der Waals surface area contributed by atoms with Crippen LogP contribution in [0.15, 0.2) is 39.9 Å². The molecule has 1 heterocycles. The molecule has 0 radical (unpaired) electrons. The van der Waals surface area contributed by atoms with Gasteiger partial charge in [-0.3, -0.25) is 4.79 Å². The fourth-order valence-electron chi connectivity index (χ4n) is 1.41. The van der Waals surface area contributed by atoms with E-state index >= 15 is 0 Å². The molecule has 2 aromatic rings. The molecule has 1 aromatic heterocycles. The summed E-state index contributed by atoms with van der Waals surface area (Å²) < 4.78 is 5.08. The van der Waals surface area contributed by atoms with Gasteiger partial charge in [-0.2, -0.15) is 0 Å². The van der Waals surface area contributed by atoms with Gasteiger partial charge in [-0.15, -0.1) is 11.8 Å². The summed E-state index contributed by atoms with van der Waals surface area (Å²) in [7, 11) is 0. The lowest BCUT2D eigenvalue weighted by Crippen LogP contribution is -2.10. The van der Waals surface area contributed by atoms with Crippen molar-refractivity contribution in [1.29, 1.82) is 0 Å². The molecular formula is C11H10N2O2S. The molecule has 0 saturated carbocycles. The maximum atomic E-state index is 11.1. The van der Waals surface area contributed by atoms with Crippen LogP contribution >= 0.6 is 11.8 Å². The van der Waals surface area contributed by atoms with Crippen LogP contribution in [0.1, 0.15) is 10.4 Å². The molecule has 0 spiro atoms. The Morgan fingerprint density at radius 2 is 2.25 bits per heavy atom. The molecule has 5 heteroatoms. The minimum absolute atomic E-state index is 0.451. The number of hydrogen-bond acceptors (Lipinski definition) is 4. The highest BCUT2D eigenvalue weighted by Crippen LogP contribution is 2.30. The molecule has 0 aliphatic carbocycles. The maximum Gasteiger partial charge on any atom is 0.248 e. The smallest absolute Gasteiger partial charge is 0.248 e. The Morgan fingerprint density at radius 3 is 2.81 bits per heavy atom. The van der Waals surface area contributed by atoms with Crippen molar-refractivity contribution in [3.8, 4) is 11.3 Å². The molecule has 0 aliphatic rings. The molecule has 1 aromatic carbocycles. The third-order valence-corrected chi connectivity index (χ3v) is 2.98. The van der Waals surface area contributed by atoms with Crippen molar-refractivity contribution in [2.45, 2.75) is 4.90 Å². The summed E-state index contributed by atoms with van der Waals surface area (Å²) in [6.45, 7) is 0. The van der Waals surface area contributed by atoms with Crippen LogP contribution in [0.3, 0.4) is 0 Å². The first kappa shape index (κ1) is 10.8. The second-order valence-corrected chi connectivity index (χ2v) is 4.00. The van der Waals surface area contributed by atoms with E-state index in [2.05, 4.69) is 5.16 Å². The molecule has 16 heavy (non-hydrogen) atoms. The molecule has 2 rings (SSSR count). The van der Waals surface area contributed by atoms with E-state index in [0.717, 1.165) is 10.5 Å². The second-order valence-electron chi connectivity index (χ2n) is 3.16. The Balaban J connectivity index is 2.56. The van der Waals surface area contributed by atoms with E-state index in [1.807, 2.05) is 12.3 Å². The quantitative estimate of drug-likeness (QED) is 0.826. The number of rotatable bonds is 3. The van der Waals surface area contributed by atoms with Crippen LogP contribution in [0.2, 0.25) is 0 Å². The summed E-state index contributed by atoms with van der Waals surface area (Å²) in [5.74, 6) is 0.181. The molecular weight excluding hydrogens is 224 g/mol. The Kier molecular flexibility index (Phi) is 2.96. The Bertz CT molecular complexity index is 509. The van der Waals surface area contributed by atoms with Crippen molar-refractivity contribution >= 4 is 17.7 Å². The highest BCUT2D eigenvalue weighted by Gasteiger charge is 2.11. The third kappa shape index (κ3) is 1.94. The van der Waals surface area contributed by atoms with Crippen LogP contribution in [0.4, 0.5) is 0 Å². The van der Waals surface area contributed by atoms with Crippen LogP contribution in [0, 0.1) is 0 Å². The van der Waals surface area contributed by atoms with Crippen LogP contribution in [-0.2, 0) is 0 Å². The number of nitrogens with zero attached hydrogens (tertiary/aromatic N) is 1. The molecule has 0 saturated heterocycles. The average molecular weight is 234 g/mol. The summed E-state index contributed by atoms with van der Waals surface area (Å²) in [6, 6.07) is 7.02. The largest absolute Gasteiger partial charge is 0.366 e. The number of amides is 1. The molecule has 1 amide bonds. The lowest BCUT2D eigenvalue weighted by atomic mass is 10.1. The highest BCUT2D eigenvalue weighted by atomic mass is 32.2. The lowest BCUT2D eigenvalue weighted by Gasteiger charge is -2.05. The molecule has 0 atom stereocenters. The first-order chi connectivity index (χ1) is 7.72. The summed E-state index contributed by atoms with van der Waals surface area (Å²) in [5.41, 5.74) is 6.53. The predicted molar refractivity (Wildman–Crippen MR) is 62.2 cm³/mol. The minimum atomic E-state index is -0.451. The fourth-order valence-corrected chi connectivity index (χ4v) is 1.99. The fraction of sp³-hybridized carbons (Fsp3) is 0.0909. The molecule has 0 unspecified atom stereocenters. The number of carbonyl (C=O) groups excluding carboxylic acids is 1. The molecule has 0 aliphatic heterocycles. The van der Waals surface area contributed by atoms with E-state index in [-0.39, 0.29) is 0 Å². The van der Waals surface area contributed by atoms with Crippen LogP contribution in [0.25, 0.3) is 11.3 Å². The van der Waals surface area contributed by atoms with E-state index in [0.29, 0.717) is 11.3 Å². The van der Waals surface area contributed by atoms with Gasteiger partial charge in [0.1, 0.15) is 0 Å². The highest BCUT2D eigenvalue weighted by molar-refractivity contribution is 7.98. The van der Waals surface area contributed by atoms with Gasteiger partial charge in [0.15, 0.2) is 5.76 Å². The zero-order valence-corrected chi connectivity index (χ0v) is 9.45. The number of carbonyl (C=O) groups is 1. The topological polar surface area (TPSA) is 69.1 Å². The number of thioether (sulfide) groups is 1. The number of benzene rings is 1. The van der Waals surface area contributed by atoms with Crippen LogP contribution in [-0.4, -0.2) is 17.3 Å². The van der Waals surface area contributed by atoms with Gasteiger partial charge in [-0.25, -0.2) is 0 Å². The van der Waals surface area contributed by atoms with E-state index in [4.69, 9.17) is 10.3 Å². The lowest BCUT2D eigenvalue weighted by molar-refractivity contribution is 0.100. The number of primary amides is 1. The SMILES string of the molecule is CSc1ccc(C(N)=O)cc1-c1ccno1.